The van der Waals surface area contributed by atoms with Crippen molar-refractivity contribution in [2.75, 3.05) is 25.5 Å². The third-order valence-electron chi connectivity index (χ3n) is 3.86. The number of amides is 1. The van der Waals surface area contributed by atoms with Crippen molar-refractivity contribution in [1.29, 1.82) is 0 Å². The van der Waals surface area contributed by atoms with E-state index in [1.165, 1.54) is 23.5 Å². The van der Waals surface area contributed by atoms with Gasteiger partial charge in [-0.15, -0.1) is 0 Å². The van der Waals surface area contributed by atoms with Gasteiger partial charge in [-0.05, 0) is 42.5 Å². The number of benzene rings is 2. The lowest BCUT2D eigenvalue weighted by molar-refractivity contribution is 0.102. The number of carbonyl (C=O) groups is 1. The normalized spacial score (nSPS) is 11.4. The number of rotatable bonds is 7. The highest BCUT2D eigenvalue weighted by atomic mass is 79.9. The van der Waals surface area contributed by atoms with Crippen LogP contribution >= 0.6 is 15.9 Å². The summed E-state index contributed by atoms with van der Waals surface area (Å²) >= 11 is 3.33. The molecule has 0 saturated heterocycles. The Morgan fingerprint density at radius 1 is 1.12 bits per heavy atom. The van der Waals surface area contributed by atoms with Crippen LogP contribution < -0.4 is 10.1 Å². The zero-order valence-electron chi connectivity index (χ0n) is 14.8. The van der Waals surface area contributed by atoms with Crippen molar-refractivity contribution in [1.82, 2.24) is 4.31 Å². The molecule has 1 N–H and O–H groups in total. The Labute approximate surface area is 162 Å². The minimum atomic E-state index is -3.52. The quantitative estimate of drug-likeness (QED) is 0.711. The first-order valence-corrected chi connectivity index (χ1v) is 10.3. The van der Waals surface area contributed by atoms with Crippen LogP contribution in [0.3, 0.4) is 0 Å². The van der Waals surface area contributed by atoms with Crippen molar-refractivity contribution in [3.8, 4) is 5.75 Å². The molecule has 1 amide bonds. The second kappa shape index (κ2) is 8.66. The molecule has 0 spiro atoms. The molecule has 0 aliphatic rings. The van der Waals surface area contributed by atoms with E-state index in [1.807, 2.05) is 0 Å². The average Bonchev–Trinajstić information content (AvgIpc) is 2.63. The SMILES string of the molecule is CCN(CC)S(=O)(=O)c1ccc(NC(=O)c2cc(Br)ccc2OC)cc1. The van der Waals surface area contributed by atoms with E-state index in [0.29, 0.717) is 30.1 Å². The van der Waals surface area contributed by atoms with Crippen LogP contribution in [0.5, 0.6) is 5.75 Å². The first-order valence-electron chi connectivity index (χ1n) is 8.08. The maximum Gasteiger partial charge on any atom is 0.259 e. The summed E-state index contributed by atoms with van der Waals surface area (Å²) in [5, 5.41) is 2.75. The number of carbonyl (C=O) groups excluding carboxylic acids is 1. The van der Waals surface area contributed by atoms with E-state index >= 15 is 0 Å². The second-order valence-electron chi connectivity index (χ2n) is 5.41. The summed E-state index contributed by atoms with van der Waals surface area (Å²) in [6.07, 6.45) is 0. The first kappa shape index (κ1) is 20.4. The van der Waals surface area contributed by atoms with E-state index in [1.54, 1.807) is 44.2 Å². The molecule has 0 atom stereocenters. The van der Waals surface area contributed by atoms with Crippen LogP contribution in [-0.2, 0) is 10.0 Å². The van der Waals surface area contributed by atoms with E-state index in [-0.39, 0.29) is 10.8 Å². The monoisotopic (exact) mass is 440 g/mol. The van der Waals surface area contributed by atoms with Crippen LogP contribution in [-0.4, -0.2) is 38.8 Å². The van der Waals surface area contributed by atoms with Gasteiger partial charge < -0.3 is 10.1 Å². The minimum Gasteiger partial charge on any atom is -0.496 e. The highest BCUT2D eigenvalue weighted by molar-refractivity contribution is 9.10. The van der Waals surface area contributed by atoms with Crippen molar-refractivity contribution in [3.63, 3.8) is 0 Å². The van der Waals surface area contributed by atoms with Gasteiger partial charge in [-0.25, -0.2) is 8.42 Å². The lowest BCUT2D eigenvalue weighted by atomic mass is 10.2. The van der Waals surface area contributed by atoms with Gasteiger partial charge in [0.15, 0.2) is 0 Å². The van der Waals surface area contributed by atoms with Crippen molar-refractivity contribution >= 4 is 37.5 Å². The predicted octanol–water partition coefficient (Wildman–Crippen LogP) is 3.74. The topological polar surface area (TPSA) is 75.7 Å². The Kier molecular flexibility index (Phi) is 6.80. The van der Waals surface area contributed by atoms with Gasteiger partial charge in [-0.3, -0.25) is 4.79 Å². The molecular formula is C18H21BrN2O4S. The summed E-state index contributed by atoms with van der Waals surface area (Å²) in [6.45, 7) is 4.39. The van der Waals surface area contributed by atoms with Gasteiger partial charge in [0, 0.05) is 23.2 Å². The van der Waals surface area contributed by atoms with Crippen LogP contribution in [0.15, 0.2) is 51.8 Å². The molecule has 0 aliphatic carbocycles. The van der Waals surface area contributed by atoms with Crippen molar-refractivity contribution in [3.05, 3.63) is 52.5 Å². The van der Waals surface area contributed by atoms with Crippen LogP contribution in [0.1, 0.15) is 24.2 Å². The summed E-state index contributed by atoms with van der Waals surface area (Å²) in [7, 11) is -2.03. The summed E-state index contributed by atoms with van der Waals surface area (Å²) in [5.74, 6) is 0.105. The van der Waals surface area contributed by atoms with Crippen molar-refractivity contribution in [2.45, 2.75) is 18.7 Å². The Morgan fingerprint density at radius 3 is 2.27 bits per heavy atom. The predicted molar refractivity (Wildman–Crippen MR) is 105 cm³/mol. The van der Waals surface area contributed by atoms with Gasteiger partial charge in [0.25, 0.3) is 5.91 Å². The van der Waals surface area contributed by atoms with Gasteiger partial charge in [-0.2, -0.15) is 4.31 Å². The molecule has 26 heavy (non-hydrogen) atoms. The first-order chi connectivity index (χ1) is 12.3. The lowest BCUT2D eigenvalue weighted by Crippen LogP contribution is -2.30. The highest BCUT2D eigenvalue weighted by Gasteiger charge is 2.21. The minimum absolute atomic E-state index is 0.194. The highest BCUT2D eigenvalue weighted by Crippen LogP contribution is 2.24. The molecule has 140 valence electrons. The number of nitrogens with one attached hydrogen (secondary N) is 1. The smallest absolute Gasteiger partial charge is 0.259 e. The van der Waals surface area contributed by atoms with Gasteiger partial charge in [0.1, 0.15) is 5.75 Å². The van der Waals surface area contributed by atoms with E-state index in [2.05, 4.69) is 21.2 Å². The summed E-state index contributed by atoms with van der Waals surface area (Å²) in [4.78, 5) is 12.7. The molecule has 0 radical (unpaired) electrons. The number of ether oxygens (including phenoxy) is 1. The number of hydrogen-bond acceptors (Lipinski definition) is 4. The van der Waals surface area contributed by atoms with E-state index < -0.39 is 10.0 Å². The fraction of sp³-hybridized carbons (Fsp3) is 0.278. The molecule has 0 aromatic heterocycles. The fourth-order valence-electron chi connectivity index (χ4n) is 2.48. The summed E-state index contributed by atoms with van der Waals surface area (Å²) in [5.41, 5.74) is 0.872. The van der Waals surface area contributed by atoms with E-state index in [9.17, 15) is 13.2 Å². The molecular weight excluding hydrogens is 420 g/mol. The Bertz CT molecular complexity index is 879. The molecule has 2 aromatic rings. The molecule has 2 aromatic carbocycles. The van der Waals surface area contributed by atoms with Crippen LogP contribution in [0, 0.1) is 0 Å². The number of nitrogens with zero attached hydrogens (tertiary/aromatic N) is 1. The molecule has 2 rings (SSSR count). The average molecular weight is 441 g/mol. The molecule has 0 fully saturated rings. The van der Waals surface area contributed by atoms with Crippen LogP contribution in [0.2, 0.25) is 0 Å². The van der Waals surface area contributed by atoms with Gasteiger partial charge >= 0.3 is 0 Å². The largest absolute Gasteiger partial charge is 0.496 e. The summed E-state index contributed by atoms with van der Waals surface area (Å²) in [6, 6.07) is 11.2. The summed E-state index contributed by atoms with van der Waals surface area (Å²) < 4.78 is 32.3. The maximum absolute atomic E-state index is 12.5. The number of hydrogen-bond donors (Lipinski definition) is 1. The molecule has 0 heterocycles. The zero-order chi connectivity index (χ0) is 19.3. The molecule has 0 saturated carbocycles. The maximum atomic E-state index is 12.5. The zero-order valence-corrected chi connectivity index (χ0v) is 17.2. The lowest BCUT2D eigenvalue weighted by Gasteiger charge is -2.18. The third-order valence-corrected chi connectivity index (χ3v) is 6.42. The Balaban J connectivity index is 2.22. The van der Waals surface area contributed by atoms with Crippen LogP contribution in [0.25, 0.3) is 0 Å². The van der Waals surface area contributed by atoms with Gasteiger partial charge in [0.05, 0.1) is 17.6 Å². The van der Waals surface area contributed by atoms with E-state index in [0.717, 1.165) is 4.47 Å². The number of methoxy groups -OCH3 is 1. The second-order valence-corrected chi connectivity index (χ2v) is 8.27. The van der Waals surface area contributed by atoms with Crippen molar-refractivity contribution in [2.24, 2.45) is 0 Å². The molecule has 8 heteroatoms. The molecule has 0 unspecified atom stereocenters. The molecule has 0 bridgehead atoms. The Morgan fingerprint density at radius 2 is 1.73 bits per heavy atom. The van der Waals surface area contributed by atoms with Gasteiger partial charge in [-0.1, -0.05) is 29.8 Å². The standard InChI is InChI=1S/C18H21BrN2O4S/c1-4-21(5-2)26(23,24)15-9-7-14(8-10-15)20-18(22)16-12-13(19)6-11-17(16)25-3/h6-12H,4-5H2,1-3H3,(H,20,22). The van der Waals surface area contributed by atoms with E-state index in [4.69, 9.17) is 4.74 Å². The van der Waals surface area contributed by atoms with Crippen LogP contribution in [0.4, 0.5) is 5.69 Å². The third kappa shape index (κ3) is 4.44. The Hall–Kier alpha value is -1.90. The molecule has 0 aliphatic heterocycles. The number of anilines is 1. The number of sulfonamides is 1. The fourth-order valence-corrected chi connectivity index (χ4v) is 4.30. The molecule has 6 nitrogen and oxygen atoms in total. The van der Waals surface area contributed by atoms with Crippen molar-refractivity contribution < 1.29 is 17.9 Å². The number of halogens is 1. The van der Waals surface area contributed by atoms with Gasteiger partial charge in [0.2, 0.25) is 10.0 Å².